The van der Waals surface area contributed by atoms with Gasteiger partial charge in [-0.15, -0.1) is 0 Å². The molecule has 0 unspecified atom stereocenters. The molecule has 0 aliphatic heterocycles. The van der Waals surface area contributed by atoms with Crippen LogP contribution in [0.3, 0.4) is 0 Å². The van der Waals surface area contributed by atoms with Crippen LogP contribution in [-0.2, 0) is 0 Å². The number of nitro benzene ring substituents is 1. The number of carbonyl (C=O) groups is 1. The lowest BCUT2D eigenvalue weighted by atomic mass is 10.1. The number of hydrogen-bond acceptors (Lipinski definition) is 5. The number of ether oxygens (including phenoxy) is 1. The normalized spacial score (nSPS) is 11.4. The van der Waals surface area contributed by atoms with E-state index in [0.717, 1.165) is 6.07 Å². The van der Waals surface area contributed by atoms with Crippen molar-refractivity contribution in [2.45, 2.75) is 19.4 Å². The van der Waals surface area contributed by atoms with Crippen molar-refractivity contribution in [3.8, 4) is 5.75 Å². The number of likely N-dealkylation sites (N-methyl/N-ethyl adjacent to an activating group) is 1. The standard InChI is InChI=1S/C13H18N2O5/c1-13(2,14(3)4)8-20-9-5-6-10(12(16)17)11(7-9)15(18)19/h5-7H,8H2,1-4H3,(H,16,17). The minimum absolute atomic E-state index is 0.250. The molecule has 0 fully saturated rings. The van der Waals surface area contributed by atoms with Gasteiger partial charge in [0.1, 0.15) is 17.9 Å². The van der Waals surface area contributed by atoms with Crippen LogP contribution in [0.5, 0.6) is 5.75 Å². The van der Waals surface area contributed by atoms with E-state index in [1.807, 2.05) is 32.8 Å². The number of nitrogens with zero attached hydrogens (tertiary/aromatic N) is 2. The zero-order valence-electron chi connectivity index (χ0n) is 11.9. The van der Waals surface area contributed by atoms with Crippen LogP contribution in [0.25, 0.3) is 0 Å². The van der Waals surface area contributed by atoms with Crippen LogP contribution in [0, 0.1) is 10.1 Å². The highest BCUT2D eigenvalue weighted by Crippen LogP contribution is 2.25. The number of carboxylic acid groups (broad SMARTS) is 1. The van der Waals surface area contributed by atoms with Gasteiger partial charge in [0.2, 0.25) is 0 Å². The van der Waals surface area contributed by atoms with Crippen molar-refractivity contribution in [1.29, 1.82) is 0 Å². The average Bonchev–Trinajstić information content (AvgIpc) is 2.35. The first-order chi connectivity index (χ1) is 9.15. The van der Waals surface area contributed by atoms with Crippen LogP contribution in [0.1, 0.15) is 24.2 Å². The molecule has 20 heavy (non-hydrogen) atoms. The van der Waals surface area contributed by atoms with E-state index in [1.54, 1.807) is 0 Å². The molecule has 0 atom stereocenters. The van der Waals surface area contributed by atoms with Crippen LogP contribution >= 0.6 is 0 Å². The summed E-state index contributed by atoms with van der Waals surface area (Å²) >= 11 is 0. The van der Waals surface area contributed by atoms with Crippen LogP contribution in [0.2, 0.25) is 0 Å². The van der Waals surface area contributed by atoms with Crippen molar-refractivity contribution in [3.63, 3.8) is 0 Å². The van der Waals surface area contributed by atoms with Crippen molar-refractivity contribution in [1.82, 2.24) is 4.90 Å². The van der Waals surface area contributed by atoms with E-state index >= 15 is 0 Å². The molecule has 0 aromatic heterocycles. The zero-order chi connectivity index (χ0) is 15.5. The van der Waals surface area contributed by atoms with E-state index in [2.05, 4.69) is 0 Å². The maximum atomic E-state index is 10.9. The first kappa shape index (κ1) is 15.9. The zero-order valence-corrected chi connectivity index (χ0v) is 11.9. The Bertz CT molecular complexity index is 525. The molecule has 1 rings (SSSR count). The molecule has 110 valence electrons. The predicted molar refractivity (Wildman–Crippen MR) is 73.3 cm³/mol. The molecule has 0 amide bonds. The maximum Gasteiger partial charge on any atom is 0.342 e. The second kappa shape index (κ2) is 5.87. The smallest absolute Gasteiger partial charge is 0.342 e. The van der Waals surface area contributed by atoms with Crippen molar-refractivity contribution < 1.29 is 19.6 Å². The molecule has 0 heterocycles. The van der Waals surface area contributed by atoms with E-state index in [1.165, 1.54) is 12.1 Å². The van der Waals surface area contributed by atoms with Crippen molar-refractivity contribution >= 4 is 11.7 Å². The maximum absolute atomic E-state index is 10.9. The highest BCUT2D eigenvalue weighted by atomic mass is 16.6. The van der Waals surface area contributed by atoms with Gasteiger partial charge >= 0.3 is 5.97 Å². The Morgan fingerprint density at radius 1 is 1.45 bits per heavy atom. The molecule has 1 aromatic carbocycles. The molecule has 0 bridgehead atoms. The van der Waals surface area contributed by atoms with Crippen LogP contribution in [0.4, 0.5) is 5.69 Å². The largest absolute Gasteiger partial charge is 0.491 e. The molecule has 0 saturated heterocycles. The van der Waals surface area contributed by atoms with Gasteiger partial charge in [0.05, 0.1) is 11.0 Å². The summed E-state index contributed by atoms with van der Waals surface area (Å²) in [5.74, 6) is -1.06. The molecule has 1 aromatic rings. The van der Waals surface area contributed by atoms with Gasteiger partial charge in [-0.25, -0.2) is 4.79 Å². The molecule has 0 saturated carbocycles. The summed E-state index contributed by atoms with van der Waals surface area (Å²) in [7, 11) is 3.80. The fourth-order valence-electron chi connectivity index (χ4n) is 1.32. The predicted octanol–water partition coefficient (Wildman–Crippen LogP) is 2.01. The van der Waals surface area contributed by atoms with Crippen molar-refractivity contribution in [3.05, 3.63) is 33.9 Å². The Morgan fingerprint density at radius 2 is 2.05 bits per heavy atom. The lowest BCUT2D eigenvalue weighted by Gasteiger charge is -2.32. The molecular weight excluding hydrogens is 264 g/mol. The van der Waals surface area contributed by atoms with Gasteiger partial charge in [0, 0.05) is 5.54 Å². The second-order valence-electron chi connectivity index (χ2n) is 5.24. The fourth-order valence-corrected chi connectivity index (χ4v) is 1.32. The van der Waals surface area contributed by atoms with E-state index in [9.17, 15) is 14.9 Å². The Morgan fingerprint density at radius 3 is 2.50 bits per heavy atom. The lowest BCUT2D eigenvalue weighted by molar-refractivity contribution is -0.385. The number of benzene rings is 1. The molecule has 0 radical (unpaired) electrons. The van der Waals surface area contributed by atoms with Crippen molar-refractivity contribution in [2.75, 3.05) is 20.7 Å². The Hall–Kier alpha value is -2.15. The average molecular weight is 282 g/mol. The first-order valence-electron chi connectivity index (χ1n) is 5.97. The van der Waals surface area contributed by atoms with E-state index in [4.69, 9.17) is 9.84 Å². The van der Waals surface area contributed by atoms with Gasteiger partial charge < -0.3 is 14.7 Å². The molecule has 7 heteroatoms. The summed E-state index contributed by atoms with van der Waals surface area (Å²) in [5.41, 5.74) is -1.08. The second-order valence-corrected chi connectivity index (χ2v) is 5.24. The van der Waals surface area contributed by atoms with Gasteiger partial charge in [0.25, 0.3) is 5.69 Å². The third kappa shape index (κ3) is 3.67. The van der Waals surface area contributed by atoms with Gasteiger partial charge in [-0.1, -0.05) is 0 Å². The lowest BCUT2D eigenvalue weighted by Crippen LogP contribution is -2.43. The summed E-state index contributed by atoms with van der Waals surface area (Å²) in [5, 5.41) is 19.8. The number of nitro groups is 1. The van der Waals surface area contributed by atoms with Crippen LogP contribution in [0.15, 0.2) is 18.2 Å². The van der Waals surface area contributed by atoms with E-state index < -0.39 is 16.6 Å². The SMILES string of the molecule is CN(C)C(C)(C)COc1ccc(C(=O)O)c([N+](=O)[O-])c1. The third-order valence-electron chi connectivity index (χ3n) is 3.20. The quantitative estimate of drug-likeness (QED) is 0.633. The van der Waals surface area contributed by atoms with Gasteiger partial charge in [-0.05, 0) is 40.1 Å². The number of aromatic carboxylic acids is 1. The summed E-state index contributed by atoms with van der Waals surface area (Å²) < 4.78 is 5.52. The van der Waals surface area contributed by atoms with E-state index in [0.29, 0.717) is 6.61 Å². The number of rotatable bonds is 6. The monoisotopic (exact) mass is 282 g/mol. The molecule has 0 aliphatic rings. The molecule has 0 spiro atoms. The molecule has 1 N–H and O–H groups in total. The third-order valence-corrected chi connectivity index (χ3v) is 3.20. The summed E-state index contributed by atoms with van der Waals surface area (Å²) in [6.45, 7) is 4.25. The van der Waals surface area contributed by atoms with Crippen LogP contribution in [-0.4, -0.2) is 47.1 Å². The molecule has 7 nitrogen and oxygen atoms in total. The minimum Gasteiger partial charge on any atom is -0.491 e. The molecular formula is C13H18N2O5. The van der Waals surface area contributed by atoms with Crippen LogP contribution < -0.4 is 4.74 Å². The number of hydrogen-bond donors (Lipinski definition) is 1. The van der Waals surface area contributed by atoms with Gasteiger partial charge in [-0.2, -0.15) is 0 Å². The summed E-state index contributed by atoms with van der Waals surface area (Å²) in [4.78, 5) is 23.0. The van der Waals surface area contributed by atoms with Gasteiger partial charge in [0.15, 0.2) is 0 Å². The summed E-state index contributed by atoms with van der Waals surface area (Å²) in [6.07, 6.45) is 0. The Kier molecular flexibility index (Phi) is 4.67. The molecule has 0 aliphatic carbocycles. The highest BCUT2D eigenvalue weighted by molar-refractivity contribution is 5.92. The van der Waals surface area contributed by atoms with E-state index in [-0.39, 0.29) is 16.9 Å². The Labute approximate surface area is 116 Å². The number of carboxylic acids is 1. The summed E-state index contributed by atoms with van der Waals surface area (Å²) in [6, 6.07) is 3.73. The first-order valence-corrected chi connectivity index (χ1v) is 5.97. The van der Waals surface area contributed by atoms with Crippen molar-refractivity contribution in [2.24, 2.45) is 0 Å². The highest BCUT2D eigenvalue weighted by Gasteiger charge is 2.24. The topological polar surface area (TPSA) is 92.9 Å². The van der Waals surface area contributed by atoms with Gasteiger partial charge in [-0.3, -0.25) is 10.1 Å². The minimum atomic E-state index is -1.34. The Balaban J connectivity index is 2.96. The fraction of sp³-hybridized carbons (Fsp3) is 0.462.